The maximum Gasteiger partial charge on any atom is 0.326 e. The summed E-state index contributed by atoms with van der Waals surface area (Å²) in [5, 5.41) is 27.6. The number of aliphatic carboxylic acids is 2. The highest BCUT2D eigenvalue weighted by molar-refractivity contribution is 5.94. The van der Waals surface area contributed by atoms with Gasteiger partial charge < -0.3 is 31.1 Å². The van der Waals surface area contributed by atoms with Crippen molar-refractivity contribution >= 4 is 29.7 Å². The Balaban J connectivity index is 1.53. The van der Waals surface area contributed by atoms with Gasteiger partial charge in [0, 0.05) is 13.0 Å². The highest BCUT2D eigenvalue weighted by Crippen LogP contribution is 2.45. The summed E-state index contributed by atoms with van der Waals surface area (Å²) in [4.78, 5) is 63.7. The number of carbonyl (C=O) groups excluding carboxylic acids is 3. The fourth-order valence-corrected chi connectivity index (χ4v) is 7.20. The van der Waals surface area contributed by atoms with Crippen molar-refractivity contribution in [2.75, 3.05) is 26.2 Å². The van der Waals surface area contributed by atoms with Crippen molar-refractivity contribution in [2.24, 2.45) is 23.7 Å². The molecule has 0 spiro atoms. The van der Waals surface area contributed by atoms with Crippen molar-refractivity contribution in [3.63, 3.8) is 0 Å². The Morgan fingerprint density at radius 1 is 0.902 bits per heavy atom. The number of fused-ring (bicyclic) bond motifs is 1. The lowest BCUT2D eigenvalue weighted by atomic mass is 9.64. The van der Waals surface area contributed by atoms with Crippen molar-refractivity contribution in [3.8, 4) is 0 Å². The molecule has 11 heteroatoms. The van der Waals surface area contributed by atoms with Gasteiger partial charge in [-0.1, -0.05) is 38.5 Å². The lowest BCUT2D eigenvalue weighted by Gasteiger charge is -2.42. The smallest absolute Gasteiger partial charge is 0.326 e. The number of likely N-dealkylation sites (N-methyl/N-ethyl adjacent to an activating group) is 1. The molecule has 2 aliphatic carbocycles. The largest absolute Gasteiger partial charge is 0.481 e. The minimum absolute atomic E-state index is 0.157. The van der Waals surface area contributed by atoms with Crippen LogP contribution in [-0.2, 0) is 24.0 Å². The Hall–Kier alpha value is -2.69. The van der Waals surface area contributed by atoms with Crippen molar-refractivity contribution in [1.82, 2.24) is 20.9 Å². The molecule has 11 nitrogen and oxygen atoms in total. The zero-order chi connectivity index (χ0) is 29.8. The van der Waals surface area contributed by atoms with Gasteiger partial charge >= 0.3 is 11.9 Å². The SMILES string of the molecule is CCN(CC(=O)N[C@@H](CC(=O)O)C(=O)N[C@@H](CC1CCCC2CCCCC21)C(=O)O)C(=O)CCCC1CCNCC1. The number of hydrogen-bond donors (Lipinski definition) is 5. The second-order valence-electron chi connectivity index (χ2n) is 12.2. The monoisotopic (exact) mass is 578 g/mol. The van der Waals surface area contributed by atoms with Crippen LogP contribution in [0.5, 0.6) is 0 Å². The minimum atomic E-state index is -1.44. The summed E-state index contributed by atoms with van der Waals surface area (Å²) in [6.45, 7) is 3.78. The molecule has 5 N–H and O–H groups in total. The van der Waals surface area contributed by atoms with E-state index in [1.165, 1.54) is 24.2 Å². The van der Waals surface area contributed by atoms with E-state index >= 15 is 0 Å². The molecule has 41 heavy (non-hydrogen) atoms. The fraction of sp³-hybridized carbons (Fsp3) is 0.833. The van der Waals surface area contributed by atoms with E-state index in [9.17, 15) is 34.2 Å². The van der Waals surface area contributed by atoms with Crippen molar-refractivity contribution in [3.05, 3.63) is 0 Å². The quantitative estimate of drug-likeness (QED) is 0.198. The first-order chi connectivity index (χ1) is 19.7. The van der Waals surface area contributed by atoms with Gasteiger partial charge in [0.25, 0.3) is 0 Å². The lowest BCUT2D eigenvalue weighted by molar-refractivity contribution is -0.144. The Morgan fingerprint density at radius 2 is 1.61 bits per heavy atom. The summed E-state index contributed by atoms with van der Waals surface area (Å²) in [6.07, 6.45) is 11.6. The molecule has 0 aromatic rings. The van der Waals surface area contributed by atoms with Gasteiger partial charge in [0.15, 0.2) is 0 Å². The molecule has 1 aliphatic heterocycles. The molecule has 3 rings (SSSR count). The summed E-state index contributed by atoms with van der Waals surface area (Å²) in [5.41, 5.74) is 0. The van der Waals surface area contributed by atoms with Gasteiger partial charge in [0.1, 0.15) is 12.1 Å². The third-order valence-corrected chi connectivity index (χ3v) is 9.44. The zero-order valence-corrected chi connectivity index (χ0v) is 24.6. The second kappa shape index (κ2) is 16.7. The van der Waals surface area contributed by atoms with Crippen molar-refractivity contribution in [2.45, 2.75) is 109 Å². The number of nitrogens with one attached hydrogen (secondary N) is 3. The molecule has 5 atom stereocenters. The molecule has 2 saturated carbocycles. The molecule has 232 valence electrons. The number of carbonyl (C=O) groups is 5. The second-order valence-corrected chi connectivity index (χ2v) is 12.2. The molecule has 3 unspecified atom stereocenters. The van der Waals surface area contributed by atoms with Crippen LogP contribution in [0.25, 0.3) is 0 Å². The number of carboxylic acid groups (broad SMARTS) is 2. The molecule has 1 saturated heterocycles. The Bertz CT molecular complexity index is 905. The summed E-state index contributed by atoms with van der Waals surface area (Å²) in [7, 11) is 0. The van der Waals surface area contributed by atoms with Gasteiger partial charge in [-0.15, -0.1) is 0 Å². The van der Waals surface area contributed by atoms with Crippen LogP contribution >= 0.6 is 0 Å². The summed E-state index contributed by atoms with van der Waals surface area (Å²) in [5.74, 6) is -2.22. The van der Waals surface area contributed by atoms with E-state index in [2.05, 4.69) is 16.0 Å². The van der Waals surface area contributed by atoms with Gasteiger partial charge in [-0.25, -0.2) is 4.79 Å². The van der Waals surface area contributed by atoms with Crippen LogP contribution in [-0.4, -0.2) is 83.0 Å². The first kappa shape index (κ1) is 32.8. The zero-order valence-electron chi connectivity index (χ0n) is 24.6. The van der Waals surface area contributed by atoms with Crippen LogP contribution in [0.1, 0.15) is 96.8 Å². The molecule has 0 aromatic carbocycles. The molecular weight excluding hydrogens is 528 g/mol. The first-order valence-electron chi connectivity index (χ1n) is 15.7. The van der Waals surface area contributed by atoms with Crippen LogP contribution in [0.3, 0.4) is 0 Å². The van der Waals surface area contributed by atoms with Crippen LogP contribution in [0, 0.1) is 23.7 Å². The molecule has 3 amide bonds. The molecule has 0 aromatic heterocycles. The highest BCUT2D eigenvalue weighted by atomic mass is 16.4. The minimum Gasteiger partial charge on any atom is -0.481 e. The van der Waals surface area contributed by atoms with Gasteiger partial charge in [-0.05, 0) is 82.2 Å². The topological polar surface area (TPSA) is 165 Å². The van der Waals surface area contributed by atoms with Crippen LogP contribution in [0.4, 0.5) is 0 Å². The Labute approximate surface area is 243 Å². The third-order valence-electron chi connectivity index (χ3n) is 9.44. The van der Waals surface area contributed by atoms with Crippen molar-refractivity contribution in [1.29, 1.82) is 0 Å². The third kappa shape index (κ3) is 10.6. The van der Waals surface area contributed by atoms with Gasteiger partial charge in [0.05, 0.1) is 13.0 Å². The van der Waals surface area contributed by atoms with Gasteiger partial charge in [-0.2, -0.15) is 0 Å². The number of piperidine rings is 1. The van der Waals surface area contributed by atoms with E-state index in [1.807, 2.05) is 0 Å². The predicted molar refractivity (Wildman–Crippen MR) is 153 cm³/mol. The van der Waals surface area contributed by atoms with Crippen LogP contribution in [0.15, 0.2) is 0 Å². The van der Waals surface area contributed by atoms with Gasteiger partial charge in [-0.3, -0.25) is 19.2 Å². The Morgan fingerprint density at radius 3 is 2.29 bits per heavy atom. The van der Waals surface area contributed by atoms with E-state index in [-0.39, 0.29) is 18.4 Å². The number of amides is 3. The average Bonchev–Trinajstić information content (AvgIpc) is 2.95. The molecule has 0 bridgehead atoms. The van der Waals surface area contributed by atoms with E-state index in [0.29, 0.717) is 37.1 Å². The van der Waals surface area contributed by atoms with E-state index in [0.717, 1.165) is 64.5 Å². The summed E-state index contributed by atoms with van der Waals surface area (Å²) < 4.78 is 0. The van der Waals surface area contributed by atoms with Crippen LogP contribution in [0.2, 0.25) is 0 Å². The van der Waals surface area contributed by atoms with E-state index < -0.39 is 42.3 Å². The predicted octanol–water partition coefficient (Wildman–Crippen LogP) is 2.53. The first-order valence-corrected chi connectivity index (χ1v) is 15.7. The van der Waals surface area contributed by atoms with E-state index in [1.54, 1.807) is 6.92 Å². The normalized spacial score (nSPS) is 24.4. The summed E-state index contributed by atoms with van der Waals surface area (Å²) >= 11 is 0. The number of hydrogen-bond acceptors (Lipinski definition) is 6. The lowest BCUT2D eigenvalue weighted by Crippen LogP contribution is -2.54. The highest BCUT2D eigenvalue weighted by Gasteiger charge is 2.38. The number of carboxylic acids is 2. The molecule has 0 radical (unpaired) electrons. The fourth-order valence-electron chi connectivity index (χ4n) is 7.20. The van der Waals surface area contributed by atoms with Crippen LogP contribution < -0.4 is 16.0 Å². The maximum absolute atomic E-state index is 13.1. The standard InChI is InChI=1S/C30H50N4O7/c1-2-34(27(36)12-5-7-20-13-15-31-16-14-20)19-26(35)32-24(18-28(37)38)29(39)33-25(30(40)41)17-22-10-6-9-21-8-3-4-11-23(21)22/h20-25,31H,2-19H2,1H3,(H,32,35)(H,33,39)(H,37,38)(H,40,41)/t21?,22?,23?,24-,25-/m0/s1. The van der Waals surface area contributed by atoms with E-state index in [4.69, 9.17) is 0 Å². The number of rotatable bonds is 15. The molecular formula is C30H50N4O7. The Kier molecular flexibility index (Phi) is 13.3. The molecule has 3 aliphatic rings. The maximum atomic E-state index is 13.1. The average molecular weight is 579 g/mol. The molecule has 1 heterocycles. The van der Waals surface area contributed by atoms with Crippen molar-refractivity contribution < 1.29 is 34.2 Å². The molecule has 3 fully saturated rings. The number of nitrogens with zero attached hydrogens (tertiary/aromatic N) is 1. The van der Waals surface area contributed by atoms with Gasteiger partial charge in [0.2, 0.25) is 17.7 Å². The summed E-state index contributed by atoms with van der Waals surface area (Å²) in [6, 6.07) is -2.60.